The molecule has 154 valence electrons. The number of rotatable bonds is 5. The topological polar surface area (TPSA) is 87.6 Å². The number of carbonyl (C=O) groups excluding carboxylic acids is 1. The molecule has 1 aliphatic carbocycles. The lowest BCUT2D eigenvalue weighted by atomic mass is 9.89. The van der Waals surface area contributed by atoms with Gasteiger partial charge in [0.2, 0.25) is 0 Å². The zero-order valence-electron chi connectivity index (χ0n) is 15.8. The Morgan fingerprint density at radius 1 is 1.14 bits per heavy atom. The maximum absolute atomic E-state index is 12.7. The van der Waals surface area contributed by atoms with Gasteiger partial charge in [-0.2, -0.15) is 5.10 Å². The van der Waals surface area contributed by atoms with Crippen molar-refractivity contribution in [3.05, 3.63) is 58.1 Å². The van der Waals surface area contributed by atoms with E-state index >= 15 is 0 Å². The van der Waals surface area contributed by atoms with Gasteiger partial charge in [-0.25, -0.2) is 13.8 Å². The Kier molecular flexibility index (Phi) is 6.82. The van der Waals surface area contributed by atoms with Gasteiger partial charge in [0.1, 0.15) is 0 Å². The number of hydrogen-bond donors (Lipinski definition) is 2. The summed E-state index contributed by atoms with van der Waals surface area (Å²) in [6, 6.07) is 10.2. The van der Waals surface area contributed by atoms with Gasteiger partial charge in [-0.3, -0.25) is 9.52 Å². The van der Waals surface area contributed by atoms with Crippen LogP contribution in [0.1, 0.15) is 43.0 Å². The summed E-state index contributed by atoms with van der Waals surface area (Å²) in [5.41, 5.74) is 3.85. The van der Waals surface area contributed by atoms with E-state index in [-0.39, 0.29) is 21.2 Å². The lowest BCUT2D eigenvalue weighted by molar-refractivity contribution is 0.0954. The molecule has 3 rings (SSSR count). The van der Waals surface area contributed by atoms with Crippen LogP contribution in [0.15, 0.2) is 52.5 Å². The number of carbonyl (C=O) groups is 1. The summed E-state index contributed by atoms with van der Waals surface area (Å²) < 4.78 is 27.8. The monoisotopic (exact) mass is 453 g/mol. The van der Waals surface area contributed by atoms with Crippen LogP contribution >= 0.6 is 23.2 Å². The molecule has 6 nitrogen and oxygen atoms in total. The number of halogens is 2. The molecule has 1 saturated carbocycles. The largest absolute Gasteiger partial charge is 0.278 e. The molecule has 0 bridgehead atoms. The average molecular weight is 454 g/mol. The second-order valence-corrected chi connectivity index (χ2v) is 9.47. The molecule has 2 N–H and O–H groups in total. The van der Waals surface area contributed by atoms with Crippen LogP contribution < -0.4 is 10.1 Å². The third kappa shape index (κ3) is 5.50. The summed E-state index contributed by atoms with van der Waals surface area (Å²) in [6.45, 7) is 2.09. The summed E-state index contributed by atoms with van der Waals surface area (Å²) >= 11 is 11.9. The summed E-state index contributed by atoms with van der Waals surface area (Å²) in [4.78, 5) is 12.4. The van der Waals surface area contributed by atoms with Gasteiger partial charge in [0.15, 0.2) is 0 Å². The predicted octanol–water partition coefficient (Wildman–Crippen LogP) is 5.09. The van der Waals surface area contributed by atoms with Crippen LogP contribution in [0, 0.1) is 5.92 Å². The van der Waals surface area contributed by atoms with Crippen molar-refractivity contribution in [1.82, 2.24) is 5.43 Å². The fraction of sp³-hybridized carbons (Fsp3) is 0.300. The molecule has 0 spiro atoms. The van der Waals surface area contributed by atoms with E-state index in [2.05, 4.69) is 22.2 Å². The van der Waals surface area contributed by atoms with Crippen LogP contribution in [-0.2, 0) is 10.0 Å². The van der Waals surface area contributed by atoms with Crippen molar-refractivity contribution in [2.45, 2.75) is 37.5 Å². The van der Waals surface area contributed by atoms with Gasteiger partial charge in [-0.15, -0.1) is 0 Å². The predicted molar refractivity (Wildman–Crippen MR) is 116 cm³/mol. The highest BCUT2D eigenvalue weighted by Crippen LogP contribution is 2.28. The molecule has 0 saturated heterocycles. The zero-order chi connectivity index (χ0) is 21.0. The number of anilines is 1. The van der Waals surface area contributed by atoms with Gasteiger partial charge >= 0.3 is 0 Å². The molecule has 1 fully saturated rings. The number of benzene rings is 2. The molecule has 0 aromatic heterocycles. The Morgan fingerprint density at radius 3 is 2.69 bits per heavy atom. The van der Waals surface area contributed by atoms with Crippen molar-refractivity contribution in [2.75, 3.05) is 4.72 Å². The van der Waals surface area contributed by atoms with Crippen molar-refractivity contribution in [1.29, 1.82) is 0 Å². The number of nitrogens with zero attached hydrogens (tertiary/aromatic N) is 1. The first-order chi connectivity index (χ1) is 13.8. The molecule has 1 aliphatic rings. The van der Waals surface area contributed by atoms with Gasteiger partial charge in [-0.05, 0) is 61.6 Å². The maximum atomic E-state index is 12.7. The van der Waals surface area contributed by atoms with Crippen LogP contribution in [0.3, 0.4) is 0 Å². The van der Waals surface area contributed by atoms with Crippen LogP contribution in [0.2, 0.25) is 10.0 Å². The fourth-order valence-electron chi connectivity index (χ4n) is 3.11. The fourth-order valence-corrected chi connectivity index (χ4v) is 4.62. The molecule has 9 heteroatoms. The molecule has 29 heavy (non-hydrogen) atoms. The summed E-state index contributed by atoms with van der Waals surface area (Å²) in [6.07, 6.45) is 4.14. The quantitative estimate of drug-likeness (QED) is 0.617. The molecule has 2 aromatic rings. The third-order valence-electron chi connectivity index (χ3n) is 4.77. The van der Waals surface area contributed by atoms with Crippen LogP contribution in [0.25, 0.3) is 0 Å². The molecular weight excluding hydrogens is 433 g/mol. The maximum Gasteiger partial charge on any atom is 0.271 e. The summed E-state index contributed by atoms with van der Waals surface area (Å²) in [7, 11) is -3.96. The first-order valence-electron chi connectivity index (χ1n) is 9.21. The van der Waals surface area contributed by atoms with Crippen LogP contribution in [0.5, 0.6) is 0 Å². The molecule has 1 atom stereocenters. The minimum Gasteiger partial charge on any atom is -0.278 e. The molecule has 0 aliphatic heterocycles. The van der Waals surface area contributed by atoms with E-state index in [1.807, 2.05) is 0 Å². The highest BCUT2D eigenvalue weighted by molar-refractivity contribution is 7.92. The molecule has 1 unspecified atom stereocenters. The second kappa shape index (κ2) is 9.15. The number of nitrogens with one attached hydrogen (secondary N) is 2. The van der Waals surface area contributed by atoms with Gasteiger partial charge < -0.3 is 0 Å². The van der Waals surface area contributed by atoms with E-state index in [0.717, 1.165) is 31.4 Å². The minimum atomic E-state index is -3.96. The Hall–Kier alpha value is -2.09. The van der Waals surface area contributed by atoms with Gasteiger partial charge in [0.25, 0.3) is 15.9 Å². The average Bonchev–Trinajstić information content (AvgIpc) is 2.70. The summed E-state index contributed by atoms with van der Waals surface area (Å²) in [5, 5.41) is 4.80. The van der Waals surface area contributed by atoms with E-state index < -0.39 is 15.9 Å². The second-order valence-electron chi connectivity index (χ2n) is 6.95. The molecule has 2 aromatic carbocycles. The Morgan fingerprint density at radius 2 is 1.93 bits per heavy atom. The SMILES string of the molecule is CC1CCCCC1=NNC(=O)c1cccc(S(=O)(=O)Nc2cc(Cl)ccc2Cl)c1. The third-order valence-corrected chi connectivity index (χ3v) is 6.70. The molecule has 0 heterocycles. The molecular formula is C20H21Cl2N3O3S. The van der Waals surface area contributed by atoms with E-state index in [4.69, 9.17) is 23.2 Å². The lowest BCUT2D eigenvalue weighted by Gasteiger charge is -2.19. The molecule has 1 amide bonds. The smallest absolute Gasteiger partial charge is 0.271 e. The summed E-state index contributed by atoms with van der Waals surface area (Å²) in [5.74, 6) is -0.129. The van der Waals surface area contributed by atoms with Crippen molar-refractivity contribution in [3.63, 3.8) is 0 Å². The minimum absolute atomic E-state index is 0.0696. The van der Waals surface area contributed by atoms with Crippen LogP contribution in [-0.4, -0.2) is 20.0 Å². The van der Waals surface area contributed by atoms with Gasteiger partial charge in [0, 0.05) is 16.3 Å². The Bertz CT molecular complexity index is 1050. The van der Waals surface area contributed by atoms with E-state index in [1.54, 1.807) is 6.07 Å². The normalized spacial score (nSPS) is 18.4. The van der Waals surface area contributed by atoms with E-state index in [1.165, 1.54) is 36.4 Å². The first-order valence-corrected chi connectivity index (χ1v) is 11.4. The van der Waals surface area contributed by atoms with Crippen LogP contribution in [0.4, 0.5) is 5.69 Å². The van der Waals surface area contributed by atoms with Crippen molar-refractivity contribution >= 4 is 50.5 Å². The Balaban J connectivity index is 1.78. The highest BCUT2D eigenvalue weighted by Gasteiger charge is 2.19. The van der Waals surface area contributed by atoms with Crippen molar-refractivity contribution < 1.29 is 13.2 Å². The standard InChI is InChI=1S/C20H21Cl2N3O3S/c1-13-5-2-3-8-18(13)23-24-20(26)14-6-4-7-16(11-14)29(27,28)25-19-12-15(21)9-10-17(19)22/h4,6-7,9-13,25H,2-3,5,8H2,1H3,(H,24,26). The van der Waals surface area contributed by atoms with E-state index in [0.29, 0.717) is 10.9 Å². The highest BCUT2D eigenvalue weighted by atomic mass is 35.5. The van der Waals surface area contributed by atoms with Gasteiger partial charge in [-0.1, -0.05) is 42.6 Å². The van der Waals surface area contributed by atoms with E-state index in [9.17, 15) is 13.2 Å². The van der Waals surface area contributed by atoms with Crippen molar-refractivity contribution in [2.24, 2.45) is 11.0 Å². The lowest BCUT2D eigenvalue weighted by Crippen LogP contribution is -2.24. The Labute approximate surface area is 180 Å². The zero-order valence-corrected chi connectivity index (χ0v) is 18.1. The van der Waals surface area contributed by atoms with Gasteiger partial charge in [0.05, 0.1) is 15.6 Å². The molecule has 0 radical (unpaired) electrons. The number of sulfonamides is 1. The number of hydrogen-bond acceptors (Lipinski definition) is 4. The van der Waals surface area contributed by atoms with Crippen molar-refractivity contribution in [3.8, 4) is 0 Å². The number of amides is 1. The number of hydrazone groups is 1. The first kappa shape index (κ1) is 21.6.